The standard InChI is InChI=1S/C8H18N2.2C2H6/c1-8(9)4-3-6-10(2)7-5-8;2*1-2/h3-7,9H2,1-2H3;2*1-2H3/t8-;;/m1../s1. The highest BCUT2D eigenvalue weighted by Crippen LogP contribution is 2.17. The number of hydrogen-bond acceptors (Lipinski definition) is 2. The topological polar surface area (TPSA) is 29.3 Å². The molecule has 1 fully saturated rings. The van der Waals surface area contributed by atoms with E-state index in [9.17, 15) is 0 Å². The molecule has 0 aromatic rings. The Morgan fingerprint density at radius 3 is 2.00 bits per heavy atom. The van der Waals surface area contributed by atoms with E-state index < -0.39 is 0 Å². The van der Waals surface area contributed by atoms with E-state index in [1.807, 2.05) is 27.7 Å². The Morgan fingerprint density at radius 2 is 1.50 bits per heavy atom. The number of nitrogens with zero attached hydrogens (tertiary/aromatic N) is 1. The molecule has 0 unspecified atom stereocenters. The summed E-state index contributed by atoms with van der Waals surface area (Å²) in [5, 5.41) is 0. The first-order valence-electron chi connectivity index (χ1n) is 6.08. The van der Waals surface area contributed by atoms with Crippen molar-refractivity contribution in [3.8, 4) is 0 Å². The first-order valence-corrected chi connectivity index (χ1v) is 6.08. The van der Waals surface area contributed by atoms with Gasteiger partial charge in [-0.15, -0.1) is 0 Å². The van der Waals surface area contributed by atoms with E-state index in [0.29, 0.717) is 0 Å². The number of hydrogen-bond donors (Lipinski definition) is 1. The van der Waals surface area contributed by atoms with E-state index in [0.717, 1.165) is 13.0 Å². The summed E-state index contributed by atoms with van der Waals surface area (Å²) in [6.45, 7) is 12.5. The molecule has 0 amide bonds. The van der Waals surface area contributed by atoms with Gasteiger partial charge in [-0.1, -0.05) is 27.7 Å². The molecule has 0 aromatic heterocycles. The van der Waals surface area contributed by atoms with Crippen LogP contribution in [0.5, 0.6) is 0 Å². The fraction of sp³-hybridized carbons (Fsp3) is 1.00. The quantitative estimate of drug-likeness (QED) is 0.654. The van der Waals surface area contributed by atoms with Gasteiger partial charge in [-0.3, -0.25) is 0 Å². The van der Waals surface area contributed by atoms with Crippen LogP contribution < -0.4 is 5.73 Å². The van der Waals surface area contributed by atoms with E-state index >= 15 is 0 Å². The first kappa shape index (κ1) is 16.4. The van der Waals surface area contributed by atoms with Gasteiger partial charge in [0.25, 0.3) is 0 Å². The zero-order chi connectivity index (χ0) is 11.6. The van der Waals surface area contributed by atoms with Crippen molar-refractivity contribution in [2.45, 2.75) is 59.4 Å². The fourth-order valence-corrected chi connectivity index (χ4v) is 1.44. The summed E-state index contributed by atoms with van der Waals surface area (Å²) in [4.78, 5) is 2.36. The van der Waals surface area contributed by atoms with Crippen LogP contribution in [0.15, 0.2) is 0 Å². The SMILES string of the molecule is CC.CC.CN1CCC[C@@](C)(N)CC1. The fourth-order valence-electron chi connectivity index (χ4n) is 1.44. The smallest absolute Gasteiger partial charge is 0.0138 e. The lowest BCUT2D eigenvalue weighted by Crippen LogP contribution is -2.36. The van der Waals surface area contributed by atoms with Crippen LogP contribution in [0.4, 0.5) is 0 Å². The van der Waals surface area contributed by atoms with Crippen molar-refractivity contribution >= 4 is 0 Å². The van der Waals surface area contributed by atoms with Crippen LogP contribution in [0, 0.1) is 0 Å². The van der Waals surface area contributed by atoms with Crippen LogP contribution in [-0.2, 0) is 0 Å². The van der Waals surface area contributed by atoms with Crippen molar-refractivity contribution < 1.29 is 0 Å². The van der Waals surface area contributed by atoms with Crippen LogP contribution in [-0.4, -0.2) is 30.6 Å². The van der Waals surface area contributed by atoms with Crippen molar-refractivity contribution in [1.29, 1.82) is 0 Å². The number of likely N-dealkylation sites (tertiary alicyclic amines) is 1. The molecule has 88 valence electrons. The van der Waals surface area contributed by atoms with Gasteiger partial charge >= 0.3 is 0 Å². The minimum atomic E-state index is 0.102. The Morgan fingerprint density at radius 1 is 1.00 bits per heavy atom. The highest BCUT2D eigenvalue weighted by atomic mass is 15.1. The Bertz CT molecular complexity index is 111. The van der Waals surface area contributed by atoms with Crippen molar-refractivity contribution in [1.82, 2.24) is 4.90 Å². The molecule has 1 rings (SSSR count). The van der Waals surface area contributed by atoms with Crippen molar-refractivity contribution in [2.24, 2.45) is 5.73 Å². The summed E-state index contributed by atoms with van der Waals surface area (Å²) >= 11 is 0. The normalized spacial score (nSPS) is 27.6. The van der Waals surface area contributed by atoms with Gasteiger partial charge in [0.2, 0.25) is 0 Å². The zero-order valence-electron chi connectivity index (χ0n) is 11.1. The van der Waals surface area contributed by atoms with Crippen LogP contribution in [0.2, 0.25) is 0 Å². The van der Waals surface area contributed by atoms with Crippen molar-refractivity contribution in [3.05, 3.63) is 0 Å². The molecule has 2 N–H and O–H groups in total. The van der Waals surface area contributed by atoms with E-state index in [1.54, 1.807) is 0 Å². The van der Waals surface area contributed by atoms with E-state index in [1.165, 1.54) is 19.4 Å². The molecule has 2 heteroatoms. The predicted octanol–water partition coefficient (Wildman–Crippen LogP) is 2.87. The molecule has 1 aliphatic heterocycles. The number of nitrogens with two attached hydrogens (primary N) is 1. The molecule has 1 aliphatic rings. The highest BCUT2D eigenvalue weighted by molar-refractivity contribution is 4.82. The second kappa shape index (κ2) is 9.47. The maximum absolute atomic E-state index is 6.01. The Labute approximate surface area is 90.9 Å². The van der Waals surface area contributed by atoms with Crippen molar-refractivity contribution in [2.75, 3.05) is 20.1 Å². The summed E-state index contributed by atoms with van der Waals surface area (Å²) in [5.41, 5.74) is 6.12. The van der Waals surface area contributed by atoms with Gasteiger partial charge in [-0.2, -0.15) is 0 Å². The van der Waals surface area contributed by atoms with Gasteiger partial charge in [0, 0.05) is 5.54 Å². The maximum atomic E-state index is 6.01. The average molecular weight is 202 g/mol. The molecule has 0 spiro atoms. The third-order valence-corrected chi connectivity index (χ3v) is 2.35. The van der Waals surface area contributed by atoms with Gasteiger partial charge in [0.15, 0.2) is 0 Å². The molecule has 0 saturated carbocycles. The summed E-state index contributed by atoms with van der Waals surface area (Å²) in [5.74, 6) is 0. The van der Waals surface area contributed by atoms with E-state index in [-0.39, 0.29) is 5.54 Å². The second-order valence-corrected chi connectivity index (χ2v) is 3.81. The molecule has 0 bridgehead atoms. The van der Waals surface area contributed by atoms with Crippen LogP contribution >= 0.6 is 0 Å². The van der Waals surface area contributed by atoms with Gasteiger partial charge in [0.05, 0.1) is 0 Å². The predicted molar refractivity (Wildman–Crippen MR) is 66.6 cm³/mol. The van der Waals surface area contributed by atoms with Gasteiger partial charge in [0.1, 0.15) is 0 Å². The molecular formula is C12H30N2. The Balaban J connectivity index is 0. The molecule has 14 heavy (non-hydrogen) atoms. The summed E-state index contributed by atoms with van der Waals surface area (Å²) in [6.07, 6.45) is 3.57. The number of rotatable bonds is 0. The Hall–Kier alpha value is -0.0800. The average Bonchev–Trinajstić information content (AvgIpc) is 2.35. The van der Waals surface area contributed by atoms with Crippen LogP contribution in [0.3, 0.4) is 0 Å². The molecule has 0 radical (unpaired) electrons. The third kappa shape index (κ3) is 8.52. The molecule has 1 saturated heterocycles. The molecular weight excluding hydrogens is 172 g/mol. The van der Waals surface area contributed by atoms with Crippen molar-refractivity contribution in [3.63, 3.8) is 0 Å². The van der Waals surface area contributed by atoms with Gasteiger partial charge in [-0.05, 0) is 46.3 Å². The van der Waals surface area contributed by atoms with Crippen LogP contribution in [0.25, 0.3) is 0 Å². The largest absolute Gasteiger partial charge is 0.325 e. The monoisotopic (exact) mass is 202 g/mol. The van der Waals surface area contributed by atoms with Crippen LogP contribution in [0.1, 0.15) is 53.9 Å². The molecule has 1 atom stereocenters. The lowest BCUT2D eigenvalue weighted by molar-refractivity contribution is 0.335. The van der Waals surface area contributed by atoms with Gasteiger partial charge in [-0.25, -0.2) is 0 Å². The lowest BCUT2D eigenvalue weighted by atomic mass is 9.95. The zero-order valence-corrected chi connectivity index (χ0v) is 11.1. The van der Waals surface area contributed by atoms with E-state index in [2.05, 4.69) is 18.9 Å². The molecule has 2 nitrogen and oxygen atoms in total. The molecule has 0 aliphatic carbocycles. The molecule has 1 heterocycles. The lowest BCUT2D eigenvalue weighted by Gasteiger charge is -2.21. The minimum Gasteiger partial charge on any atom is -0.325 e. The summed E-state index contributed by atoms with van der Waals surface area (Å²) in [7, 11) is 2.17. The summed E-state index contributed by atoms with van der Waals surface area (Å²) < 4.78 is 0. The first-order chi connectivity index (χ1) is 6.60. The van der Waals surface area contributed by atoms with E-state index in [4.69, 9.17) is 5.73 Å². The highest BCUT2D eigenvalue weighted by Gasteiger charge is 2.21. The molecule has 0 aromatic carbocycles. The third-order valence-electron chi connectivity index (χ3n) is 2.35. The maximum Gasteiger partial charge on any atom is 0.0138 e. The minimum absolute atomic E-state index is 0.102. The Kier molecular flexibility index (Phi) is 11.1. The van der Waals surface area contributed by atoms with Gasteiger partial charge < -0.3 is 10.6 Å². The second-order valence-electron chi connectivity index (χ2n) is 3.81. The summed E-state index contributed by atoms with van der Waals surface area (Å²) in [6, 6.07) is 0.